The van der Waals surface area contributed by atoms with Crippen LogP contribution >= 0.6 is 11.6 Å². The van der Waals surface area contributed by atoms with Gasteiger partial charge in [-0.25, -0.2) is 0 Å². The zero-order valence-corrected chi connectivity index (χ0v) is 12.2. The second kappa shape index (κ2) is 6.74. The largest absolute Gasteiger partial charge is 0.306 e. The van der Waals surface area contributed by atoms with E-state index in [-0.39, 0.29) is 6.04 Å². The van der Waals surface area contributed by atoms with Crippen LogP contribution in [0, 0.1) is 0 Å². The molecule has 1 nitrogen and oxygen atoms in total. The Balaban J connectivity index is 2.36. The van der Waals surface area contributed by atoms with Gasteiger partial charge in [0.15, 0.2) is 0 Å². The Hall–Kier alpha value is -1.31. The van der Waals surface area contributed by atoms with Crippen LogP contribution in [0.25, 0.3) is 0 Å². The monoisotopic (exact) mass is 273 g/mol. The van der Waals surface area contributed by atoms with Gasteiger partial charge in [-0.15, -0.1) is 0 Å². The number of hydrogen-bond donors (Lipinski definition) is 1. The summed E-state index contributed by atoms with van der Waals surface area (Å²) in [6, 6.07) is 17.0. The molecule has 19 heavy (non-hydrogen) atoms. The first-order chi connectivity index (χ1) is 9.26. The average molecular weight is 274 g/mol. The summed E-state index contributed by atoms with van der Waals surface area (Å²) in [5, 5.41) is 4.32. The maximum atomic E-state index is 6.32. The molecule has 2 aromatic rings. The molecule has 0 aliphatic heterocycles. The number of rotatable bonds is 5. The molecule has 0 fully saturated rings. The lowest BCUT2D eigenvalue weighted by Crippen LogP contribution is -2.22. The van der Waals surface area contributed by atoms with Crippen molar-refractivity contribution in [3.05, 3.63) is 70.2 Å². The fourth-order valence-electron chi connectivity index (χ4n) is 2.27. The number of hydrogen-bond acceptors (Lipinski definition) is 1. The number of benzene rings is 2. The first-order valence-electron chi connectivity index (χ1n) is 6.83. The Kier molecular flexibility index (Phi) is 5.00. The number of nitrogens with one attached hydrogen (secondary N) is 1. The molecule has 1 atom stereocenters. The van der Waals surface area contributed by atoms with Crippen molar-refractivity contribution in [1.29, 1.82) is 0 Å². The summed E-state index contributed by atoms with van der Waals surface area (Å²) in [7, 11) is 0. The molecule has 2 heteroatoms. The van der Waals surface area contributed by atoms with E-state index in [0.717, 1.165) is 23.6 Å². The van der Waals surface area contributed by atoms with Crippen LogP contribution in [-0.2, 0) is 6.42 Å². The van der Waals surface area contributed by atoms with Gasteiger partial charge in [0.2, 0.25) is 0 Å². The van der Waals surface area contributed by atoms with Gasteiger partial charge in [0.1, 0.15) is 0 Å². The minimum absolute atomic E-state index is 0.157. The molecule has 0 bridgehead atoms. The SMILES string of the molecule is CCNC(c1ccc(CC)cc1)c1ccccc1Cl. The number of aryl methyl sites for hydroxylation is 1. The number of halogens is 1. The summed E-state index contributed by atoms with van der Waals surface area (Å²) in [5.41, 5.74) is 3.75. The average Bonchev–Trinajstić information content (AvgIpc) is 2.46. The fraction of sp³-hybridized carbons (Fsp3) is 0.294. The Labute approximate surface area is 120 Å². The Bertz CT molecular complexity index is 519. The van der Waals surface area contributed by atoms with Crippen LogP contribution in [0.1, 0.15) is 36.6 Å². The summed E-state index contributed by atoms with van der Waals surface area (Å²) in [6.07, 6.45) is 1.07. The van der Waals surface area contributed by atoms with Gasteiger partial charge in [0, 0.05) is 5.02 Å². The van der Waals surface area contributed by atoms with E-state index in [1.54, 1.807) is 0 Å². The zero-order chi connectivity index (χ0) is 13.7. The highest BCUT2D eigenvalue weighted by Crippen LogP contribution is 2.28. The van der Waals surface area contributed by atoms with E-state index in [2.05, 4.69) is 49.5 Å². The van der Waals surface area contributed by atoms with Crippen LogP contribution in [0.3, 0.4) is 0 Å². The summed E-state index contributed by atoms with van der Waals surface area (Å²) < 4.78 is 0. The molecule has 0 aromatic heterocycles. The third-order valence-corrected chi connectivity index (χ3v) is 3.69. The molecule has 0 spiro atoms. The predicted molar refractivity (Wildman–Crippen MR) is 82.8 cm³/mol. The van der Waals surface area contributed by atoms with Crippen molar-refractivity contribution < 1.29 is 0 Å². The molecule has 0 radical (unpaired) electrons. The molecule has 0 aliphatic carbocycles. The van der Waals surface area contributed by atoms with Gasteiger partial charge in [-0.1, -0.05) is 67.9 Å². The maximum absolute atomic E-state index is 6.32. The molecule has 2 rings (SSSR count). The maximum Gasteiger partial charge on any atom is 0.0591 e. The highest BCUT2D eigenvalue weighted by molar-refractivity contribution is 6.31. The quantitative estimate of drug-likeness (QED) is 0.839. The van der Waals surface area contributed by atoms with Gasteiger partial charge in [0.25, 0.3) is 0 Å². The van der Waals surface area contributed by atoms with Crippen molar-refractivity contribution in [3.8, 4) is 0 Å². The summed E-state index contributed by atoms with van der Waals surface area (Å²) in [4.78, 5) is 0. The van der Waals surface area contributed by atoms with E-state index in [1.165, 1.54) is 11.1 Å². The lowest BCUT2D eigenvalue weighted by atomic mass is 9.97. The molecule has 2 aromatic carbocycles. The Morgan fingerprint density at radius 3 is 2.26 bits per heavy atom. The lowest BCUT2D eigenvalue weighted by Gasteiger charge is -2.20. The molecule has 100 valence electrons. The Morgan fingerprint density at radius 1 is 1.00 bits per heavy atom. The topological polar surface area (TPSA) is 12.0 Å². The van der Waals surface area contributed by atoms with Crippen molar-refractivity contribution in [2.45, 2.75) is 26.3 Å². The fourth-order valence-corrected chi connectivity index (χ4v) is 2.51. The van der Waals surface area contributed by atoms with Crippen LogP contribution < -0.4 is 5.32 Å². The minimum atomic E-state index is 0.157. The standard InChI is InChI=1S/C17H20ClN/c1-3-13-9-11-14(12-10-13)17(19-4-2)15-7-5-6-8-16(15)18/h5-12,17,19H,3-4H2,1-2H3. The summed E-state index contributed by atoms with van der Waals surface area (Å²) in [6.45, 7) is 5.19. The molecule has 0 heterocycles. The van der Waals surface area contributed by atoms with Crippen molar-refractivity contribution in [2.24, 2.45) is 0 Å². The molecule has 1 unspecified atom stereocenters. The normalized spacial score (nSPS) is 12.4. The molecule has 0 aliphatic rings. The minimum Gasteiger partial charge on any atom is -0.306 e. The van der Waals surface area contributed by atoms with Gasteiger partial charge in [0.05, 0.1) is 6.04 Å². The highest BCUT2D eigenvalue weighted by Gasteiger charge is 2.15. The Morgan fingerprint density at radius 2 is 1.68 bits per heavy atom. The zero-order valence-electron chi connectivity index (χ0n) is 11.5. The van der Waals surface area contributed by atoms with Crippen LogP contribution in [0.5, 0.6) is 0 Å². The van der Waals surface area contributed by atoms with Crippen molar-refractivity contribution in [1.82, 2.24) is 5.32 Å². The van der Waals surface area contributed by atoms with Crippen LogP contribution in [-0.4, -0.2) is 6.54 Å². The first-order valence-corrected chi connectivity index (χ1v) is 7.20. The third-order valence-electron chi connectivity index (χ3n) is 3.35. The van der Waals surface area contributed by atoms with E-state index in [1.807, 2.05) is 18.2 Å². The van der Waals surface area contributed by atoms with Crippen molar-refractivity contribution in [3.63, 3.8) is 0 Å². The summed E-state index contributed by atoms with van der Waals surface area (Å²) in [5.74, 6) is 0. The second-order valence-electron chi connectivity index (χ2n) is 4.61. The van der Waals surface area contributed by atoms with E-state index in [0.29, 0.717) is 0 Å². The molecule has 1 N–H and O–H groups in total. The van der Waals surface area contributed by atoms with Gasteiger partial charge in [-0.3, -0.25) is 0 Å². The van der Waals surface area contributed by atoms with Crippen molar-refractivity contribution in [2.75, 3.05) is 6.54 Å². The first kappa shape index (κ1) is 14.1. The highest BCUT2D eigenvalue weighted by atomic mass is 35.5. The van der Waals surface area contributed by atoms with E-state index in [9.17, 15) is 0 Å². The third kappa shape index (κ3) is 3.37. The summed E-state index contributed by atoms with van der Waals surface area (Å²) >= 11 is 6.32. The second-order valence-corrected chi connectivity index (χ2v) is 5.01. The van der Waals surface area contributed by atoms with Crippen LogP contribution in [0.4, 0.5) is 0 Å². The van der Waals surface area contributed by atoms with E-state index >= 15 is 0 Å². The lowest BCUT2D eigenvalue weighted by molar-refractivity contribution is 0.630. The van der Waals surface area contributed by atoms with Gasteiger partial charge >= 0.3 is 0 Å². The molecular formula is C17H20ClN. The van der Waals surface area contributed by atoms with Crippen molar-refractivity contribution >= 4 is 11.6 Å². The molecule has 0 saturated carbocycles. The molecule has 0 amide bonds. The van der Waals surface area contributed by atoms with Crippen LogP contribution in [0.15, 0.2) is 48.5 Å². The smallest absolute Gasteiger partial charge is 0.0591 e. The molecular weight excluding hydrogens is 254 g/mol. The van der Waals surface area contributed by atoms with E-state index in [4.69, 9.17) is 11.6 Å². The molecule has 0 saturated heterocycles. The van der Waals surface area contributed by atoms with Crippen LogP contribution in [0.2, 0.25) is 5.02 Å². The van der Waals surface area contributed by atoms with Gasteiger partial charge in [-0.2, -0.15) is 0 Å². The van der Waals surface area contributed by atoms with E-state index < -0.39 is 0 Å². The van der Waals surface area contributed by atoms with Gasteiger partial charge < -0.3 is 5.32 Å². The van der Waals surface area contributed by atoms with Gasteiger partial charge in [-0.05, 0) is 35.7 Å². The predicted octanol–water partition coefficient (Wildman–Crippen LogP) is 4.60.